The van der Waals surface area contributed by atoms with Crippen LogP contribution in [0.4, 0.5) is 18.9 Å². The average molecular weight is 361 g/mol. The molecule has 3 nitrogen and oxygen atoms in total. The minimum atomic E-state index is -4.70. The molecule has 0 spiro atoms. The molecular formula is C14H12BrF3N2O. The summed E-state index contributed by atoms with van der Waals surface area (Å²) in [5.41, 5.74) is 1.65. The Bertz CT molecular complexity index is 591. The largest absolute Gasteiger partial charge is 0.573 e. The van der Waals surface area contributed by atoms with E-state index in [4.69, 9.17) is 0 Å². The highest BCUT2D eigenvalue weighted by Gasteiger charge is 2.31. The van der Waals surface area contributed by atoms with E-state index in [0.29, 0.717) is 12.2 Å². The molecule has 2 rings (SSSR count). The molecule has 0 bridgehead atoms. The van der Waals surface area contributed by atoms with Crippen molar-refractivity contribution in [1.29, 1.82) is 0 Å². The predicted octanol–water partition coefficient (Wildman–Crippen LogP) is 4.40. The molecule has 0 aliphatic rings. The van der Waals surface area contributed by atoms with E-state index in [1.165, 1.54) is 12.1 Å². The van der Waals surface area contributed by atoms with Crippen LogP contribution in [0, 0.1) is 0 Å². The van der Waals surface area contributed by atoms with Crippen LogP contribution >= 0.6 is 15.9 Å². The van der Waals surface area contributed by atoms with Crippen LogP contribution in [0.25, 0.3) is 0 Å². The fourth-order valence-corrected chi connectivity index (χ4v) is 2.16. The summed E-state index contributed by atoms with van der Waals surface area (Å²) in [6, 6.07) is 10.00. The quantitative estimate of drug-likeness (QED) is 0.858. The lowest BCUT2D eigenvalue weighted by Crippen LogP contribution is -2.17. The van der Waals surface area contributed by atoms with E-state index in [2.05, 4.69) is 31.0 Å². The lowest BCUT2D eigenvalue weighted by Gasteiger charge is -2.12. The van der Waals surface area contributed by atoms with Crippen molar-refractivity contribution in [3.63, 3.8) is 0 Å². The van der Waals surface area contributed by atoms with Gasteiger partial charge in [-0.1, -0.05) is 6.07 Å². The maximum absolute atomic E-state index is 12.1. The number of hydrogen-bond donors (Lipinski definition) is 1. The Labute approximate surface area is 128 Å². The zero-order valence-electron chi connectivity index (χ0n) is 10.8. The number of rotatable bonds is 5. The maximum atomic E-state index is 12.1. The molecule has 0 radical (unpaired) electrons. The standard InChI is InChI=1S/C14H12BrF3N2O/c15-12-9-11(4-5-13(12)21-14(16,17)18)20-8-6-10-3-1-2-7-19-10/h1-5,7,9,20H,6,8H2. The van der Waals surface area contributed by atoms with Gasteiger partial charge < -0.3 is 10.1 Å². The van der Waals surface area contributed by atoms with E-state index in [9.17, 15) is 13.2 Å². The minimum Gasteiger partial charge on any atom is -0.405 e. The molecule has 0 atom stereocenters. The van der Waals surface area contributed by atoms with E-state index < -0.39 is 6.36 Å². The second-order valence-electron chi connectivity index (χ2n) is 4.19. The van der Waals surface area contributed by atoms with Gasteiger partial charge in [-0.2, -0.15) is 0 Å². The maximum Gasteiger partial charge on any atom is 0.573 e. The summed E-state index contributed by atoms with van der Waals surface area (Å²) < 4.78 is 40.6. The minimum absolute atomic E-state index is 0.239. The number of alkyl halides is 3. The van der Waals surface area contributed by atoms with Crippen molar-refractivity contribution in [2.75, 3.05) is 11.9 Å². The van der Waals surface area contributed by atoms with Crippen molar-refractivity contribution in [1.82, 2.24) is 4.98 Å². The second kappa shape index (κ2) is 6.80. The van der Waals surface area contributed by atoms with Gasteiger partial charge in [-0.05, 0) is 46.3 Å². The molecule has 2 aromatic rings. The Kier molecular flexibility index (Phi) is 5.06. The molecule has 0 aliphatic carbocycles. The van der Waals surface area contributed by atoms with Gasteiger partial charge in [0.1, 0.15) is 5.75 Å². The van der Waals surface area contributed by atoms with Gasteiger partial charge >= 0.3 is 6.36 Å². The summed E-state index contributed by atoms with van der Waals surface area (Å²) >= 11 is 3.06. The first kappa shape index (κ1) is 15.6. The molecule has 7 heteroatoms. The summed E-state index contributed by atoms with van der Waals surface area (Å²) in [6.07, 6.45) is -2.26. The third-order valence-corrected chi connectivity index (χ3v) is 3.21. The van der Waals surface area contributed by atoms with Gasteiger partial charge in [0.05, 0.1) is 4.47 Å². The van der Waals surface area contributed by atoms with Gasteiger partial charge in [0.25, 0.3) is 0 Å². The van der Waals surface area contributed by atoms with Gasteiger partial charge in [0.15, 0.2) is 0 Å². The number of nitrogens with one attached hydrogen (secondary N) is 1. The Morgan fingerprint density at radius 1 is 1.19 bits per heavy atom. The van der Waals surface area contributed by atoms with E-state index in [-0.39, 0.29) is 10.2 Å². The summed E-state index contributed by atoms with van der Waals surface area (Å²) in [6.45, 7) is 0.628. The highest BCUT2D eigenvalue weighted by Crippen LogP contribution is 2.32. The van der Waals surface area contributed by atoms with Gasteiger partial charge in [-0.15, -0.1) is 13.2 Å². The third-order valence-electron chi connectivity index (χ3n) is 2.59. The van der Waals surface area contributed by atoms with Gasteiger partial charge in [0.2, 0.25) is 0 Å². The zero-order chi connectivity index (χ0) is 15.3. The van der Waals surface area contributed by atoms with E-state index >= 15 is 0 Å². The van der Waals surface area contributed by atoms with Crippen molar-refractivity contribution in [3.05, 3.63) is 52.8 Å². The van der Waals surface area contributed by atoms with Gasteiger partial charge in [-0.3, -0.25) is 4.98 Å². The summed E-state index contributed by atoms with van der Waals surface area (Å²) in [4.78, 5) is 4.19. The van der Waals surface area contributed by atoms with Crippen LogP contribution in [0.1, 0.15) is 5.69 Å². The third kappa shape index (κ3) is 5.26. The Morgan fingerprint density at radius 3 is 2.62 bits per heavy atom. The Morgan fingerprint density at radius 2 is 2.00 bits per heavy atom. The molecule has 112 valence electrons. The van der Waals surface area contributed by atoms with Crippen LogP contribution in [0.15, 0.2) is 47.1 Å². The molecule has 0 fully saturated rings. The van der Waals surface area contributed by atoms with E-state index in [1.54, 1.807) is 12.3 Å². The van der Waals surface area contributed by atoms with Crippen LogP contribution in [0.5, 0.6) is 5.75 Å². The number of hydrogen-bond acceptors (Lipinski definition) is 3. The van der Waals surface area contributed by atoms with Crippen molar-refractivity contribution < 1.29 is 17.9 Å². The summed E-state index contributed by atoms with van der Waals surface area (Å²) in [5.74, 6) is -0.266. The molecule has 0 unspecified atom stereocenters. The number of ether oxygens (including phenoxy) is 1. The first-order chi connectivity index (χ1) is 9.94. The molecule has 0 saturated carbocycles. The zero-order valence-corrected chi connectivity index (χ0v) is 12.4. The number of aromatic nitrogens is 1. The van der Waals surface area contributed by atoms with E-state index in [0.717, 1.165) is 12.1 Å². The molecule has 1 aromatic heterocycles. The lowest BCUT2D eigenvalue weighted by molar-refractivity contribution is -0.274. The highest BCUT2D eigenvalue weighted by molar-refractivity contribution is 9.10. The Hall–Kier alpha value is -1.76. The molecule has 0 saturated heterocycles. The lowest BCUT2D eigenvalue weighted by atomic mass is 10.2. The Balaban J connectivity index is 1.91. The average Bonchev–Trinajstić information content (AvgIpc) is 2.42. The molecule has 0 aliphatic heterocycles. The smallest absolute Gasteiger partial charge is 0.405 e. The van der Waals surface area contributed by atoms with Gasteiger partial charge in [0, 0.05) is 30.5 Å². The number of pyridine rings is 1. The van der Waals surface area contributed by atoms with Crippen LogP contribution in [-0.2, 0) is 6.42 Å². The first-order valence-electron chi connectivity index (χ1n) is 6.13. The first-order valence-corrected chi connectivity index (χ1v) is 6.92. The monoisotopic (exact) mass is 360 g/mol. The number of nitrogens with zero attached hydrogens (tertiary/aromatic N) is 1. The number of halogens is 4. The molecular weight excluding hydrogens is 349 g/mol. The summed E-state index contributed by atoms with van der Waals surface area (Å²) in [5, 5.41) is 3.12. The summed E-state index contributed by atoms with van der Waals surface area (Å²) in [7, 11) is 0. The topological polar surface area (TPSA) is 34.1 Å². The molecule has 1 aromatic carbocycles. The molecule has 21 heavy (non-hydrogen) atoms. The predicted molar refractivity (Wildman–Crippen MR) is 77.3 cm³/mol. The fraction of sp³-hybridized carbons (Fsp3) is 0.214. The normalized spacial score (nSPS) is 11.2. The molecule has 1 heterocycles. The van der Waals surface area contributed by atoms with Crippen molar-refractivity contribution in [2.45, 2.75) is 12.8 Å². The number of anilines is 1. The fourth-order valence-electron chi connectivity index (χ4n) is 1.70. The van der Waals surface area contributed by atoms with Crippen molar-refractivity contribution >= 4 is 21.6 Å². The molecule has 0 amide bonds. The second-order valence-corrected chi connectivity index (χ2v) is 5.05. The number of benzene rings is 1. The highest BCUT2D eigenvalue weighted by atomic mass is 79.9. The van der Waals surface area contributed by atoms with Crippen LogP contribution in [0.2, 0.25) is 0 Å². The molecule has 1 N–H and O–H groups in total. The SMILES string of the molecule is FC(F)(F)Oc1ccc(NCCc2ccccn2)cc1Br. The van der Waals surface area contributed by atoms with Crippen molar-refractivity contribution in [2.24, 2.45) is 0 Å². The van der Waals surface area contributed by atoms with E-state index in [1.807, 2.05) is 18.2 Å². The van der Waals surface area contributed by atoms with Crippen LogP contribution in [0.3, 0.4) is 0 Å². The van der Waals surface area contributed by atoms with Crippen molar-refractivity contribution in [3.8, 4) is 5.75 Å². The van der Waals surface area contributed by atoms with Crippen LogP contribution in [-0.4, -0.2) is 17.9 Å². The van der Waals surface area contributed by atoms with Crippen LogP contribution < -0.4 is 10.1 Å². The van der Waals surface area contributed by atoms with Gasteiger partial charge in [-0.25, -0.2) is 0 Å².